The molecule has 2 aromatic heterocycles. The Labute approximate surface area is 179 Å². The van der Waals surface area contributed by atoms with Crippen molar-refractivity contribution in [2.45, 2.75) is 25.8 Å². The number of amides is 1. The van der Waals surface area contributed by atoms with E-state index in [1.54, 1.807) is 6.20 Å². The lowest BCUT2D eigenvalue weighted by Crippen LogP contribution is -2.41. The topological polar surface area (TPSA) is 75.9 Å². The number of nitrogens with zero attached hydrogens (tertiary/aromatic N) is 3. The van der Waals surface area contributed by atoms with Crippen LogP contribution in [0.15, 0.2) is 47.5 Å². The van der Waals surface area contributed by atoms with Crippen LogP contribution in [-0.2, 0) is 11.2 Å². The lowest BCUT2D eigenvalue weighted by Gasteiger charge is -2.27. The normalized spacial score (nSPS) is 15.9. The van der Waals surface area contributed by atoms with E-state index < -0.39 is 0 Å². The van der Waals surface area contributed by atoms with Crippen molar-refractivity contribution in [2.24, 2.45) is 0 Å². The first-order valence-corrected chi connectivity index (χ1v) is 11.1. The second kappa shape index (κ2) is 9.51. The third-order valence-electron chi connectivity index (χ3n) is 5.28. The molecule has 0 saturated carbocycles. The molecule has 1 aliphatic heterocycles. The highest BCUT2D eigenvalue weighted by Gasteiger charge is 2.18. The Balaban J connectivity index is 1.42. The van der Waals surface area contributed by atoms with Crippen LogP contribution in [0, 0.1) is 0 Å². The van der Waals surface area contributed by atoms with E-state index in [0.29, 0.717) is 4.96 Å². The van der Waals surface area contributed by atoms with E-state index in [4.69, 9.17) is 4.74 Å². The van der Waals surface area contributed by atoms with Crippen molar-refractivity contribution in [2.75, 3.05) is 32.8 Å². The Morgan fingerprint density at radius 3 is 2.80 bits per heavy atom. The van der Waals surface area contributed by atoms with Crippen molar-refractivity contribution in [1.82, 2.24) is 19.6 Å². The van der Waals surface area contributed by atoms with E-state index in [1.165, 1.54) is 27.5 Å². The summed E-state index contributed by atoms with van der Waals surface area (Å²) in [5.74, 6) is -0.368. The van der Waals surface area contributed by atoms with Crippen LogP contribution in [0.5, 0.6) is 0 Å². The van der Waals surface area contributed by atoms with Crippen molar-refractivity contribution < 1.29 is 9.53 Å². The number of aromatic nitrogens is 2. The van der Waals surface area contributed by atoms with Gasteiger partial charge in [0.25, 0.3) is 11.5 Å². The molecule has 0 bridgehead atoms. The standard InChI is InChI=1S/C22H26N4O3S/c1-16(7-8-25-9-11-29-12-10-25)24-20(27)19-14-23-22-26(21(19)28)15-18(30-22)13-17-5-3-2-4-6-17/h2-6,14-16H,7-13H2,1H3,(H,24,27). The Hall–Kier alpha value is -2.55. The molecule has 30 heavy (non-hydrogen) atoms. The van der Waals surface area contributed by atoms with Gasteiger partial charge in [0.05, 0.1) is 13.2 Å². The number of fused-ring (bicyclic) bond motifs is 1. The summed E-state index contributed by atoms with van der Waals surface area (Å²) in [5.41, 5.74) is 0.924. The van der Waals surface area contributed by atoms with Gasteiger partial charge in [-0.3, -0.25) is 18.9 Å². The van der Waals surface area contributed by atoms with Gasteiger partial charge in [-0.15, -0.1) is 11.3 Å². The highest BCUT2D eigenvalue weighted by Crippen LogP contribution is 2.18. The van der Waals surface area contributed by atoms with E-state index >= 15 is 0 Å². The Bertz CT molecular complexity index is 1060. The van der Waals surface area contributed by atoms with Crippen molar-refractivity contribution >= 4 is 22.2 Å². The van der Waals surface area contributed by atoms with Crippen LogP contribution in [0.25, 0.3) is 4.96 Å². The first-order valence-electron chi connectivity index (χ1n) is 10.2. The fourth-order valence-electron chi connectivity index (χ4n) is 3.54. The second-order valence-corrected chi connectivity index (χ2v) is 8.70. The van der Waals surface area contributed by atoms with Crippen molar-refractivity contribution in [1.29, 1.82) is 0 Å². The molecule has 1 atom stereocenters. The lowest BCUT2D eigenvalue weighted by molar-refractivity contribution is 0.0363. The number of nitrogens with one attached hydrogen (secondary N) is 1. The summed E-state index contributed by atoms with van der Waals surface area (Å²) < 4.78 is 6.84. The minimum absolute atomic E-state index is 0.0310. The molecule has 1 N–H and O–H groups in total. The van der Waals surface area contributed by atoms with Crippen molar-refractivity contribution in [3.63, 3.8) is 0 Å². The van der Waals surface area contributed by atoms with E-state index in [-0.39, 0.29) is 23.1 Å². The summed E-state index contributed by atoms with van der Waals surface area (Å²) in [6, 6.07) is 10.0. The molecule has 3 heterocycles. The van der Waals surface area contributed by atoms with Gasteiger partial charge in [-0.05, 0) is 18.9 Å². The highest BCUT2D eigenvalue weighted by molar-refractivity contribution is 7.17. The summed E-state index contributed by atoms with van der Waals surface area (Å²) >= 11 is 1.47. The number of carbonyl (C=O) groups is 1. The van der Waals surface area contributed by atoms with Gasteiger partial charge in [-0.1, -0.05) is 30.3 Å². The van der Waals surface area contributed by atoms with E-state index in [9.17, 15) is 9.59 Å². The Morgan fingerprint density at radius 1 is 1.27 bits per heavy atom. The lowest BCUT2D eigenvalue weighted by atomic mass is 10.1. The summed E-state index contributed by atoms with van der Waals surface area (Å²) in [4.78, 5) is 33.9. The number of ether oxygens (including phenoxy) is 1. The number of morpholine rings is 1. The monoisotopic (exact) mass is 426 g/mol. The molecule has 3 aromatic rings. The number of hydrogen-bond acceptors (Lipinski definition) is 6. The predicted molar refractivity (Wildman–Crippen MR) is 117 cm³/mol. The predicted octanol–water partition coefficient (Wildman–Crippen LogP) is 2.19. The maximum absolute atomic E-state index is 12.9. The van der Waals surface area contributed by atoms with Crippen LogP contribution in [0.2, 0.25) is 0 Å². The van der Waals surface area contributed by atoms with Gasteiger partial charge in [-0.25, -0.2) is 4.98 Å². The van der Waals surface area contributed by atoms with Crippen LogP contribution in [0.3, 0.4) is 0 Å². The summed E-state index contributed by atoms with van der Waals surface area (Å²) in [6.45, 7) is 6.23. The number of rotatable bonds is 7. The third kappa shape index (κ3) is 4.95. The van der Waals surface area contributed by atoms with Gasteiger partial charge in [0.1, 0.15) is 5.56 Å². The van der Waals surface area contributed by atoms with E-state index in [0.717, 1.165) is 50.6 Å². The number of carbonyl (C=O) groups excluding carboxylic acids is 1. The molecule has 1 aliphatic rings. The van der Waals surface area contributed by atoms with Crippen LogP contribution in [0.4, 0.5) is 0 Å². The fraction of sp³-hybridized carbons (Fsp3) is 0.409. The molecular weight excluding hydrogens is 400 g/mol. The third-order valence-corrected chi connectivity index (χ3v) is 6.28. The molecule has 4 rings (SSSR count). The van der Waals surface area contributed by atoms with E-state index in [2.05, 4.69) is 27.3 Å². The zero-order valence-electron chi connectivity index (χ0n) is 17.0. The number of benzene rings is 1. The molecule has 0 radical (unpaired) electrons. The molecule has 1 amide bonds. The fourth-order valence-corrected chi connectivity index (χ4v) is 4.51. The van der Waals surface area contributed by atoms with Crippen LogP contribution >= 0.6 is 11.3 Å². The molecule has 1 fully saturated rings. The molecule has 8 heteroatoms. The molecule has 1 unspecified atom stereocenters. The van der Waals surface area contributed by atoms with Gasteiger partial charge in [-0.2, -0.15) is 0 Å². The largest absolute Gasteiger partial charge is 0.379 e. The Morgan fingerprint density at radius 2 is 2.03 bits per heavy atom. The maximum atomic E-state index is 12.9. The zero-order valence-corrected chi connectivity index (χ0v) is 17.9. The van der Waals surface area contributed by atoms with Crippen LogP contribution < -0.4 is 10.9 Å². The molecule has 0 aliphatic carbocycles. The van der Waals surface area contributed by atoms with Crippen molar-refractivity contribution in [3.8, 4) is 0 Å². The minimum Gasteiger partial charge on any atom is -0.379 e. The van der Waals surface area contributed by atoms with Gasteiger partial charge in [0.2, 0.25) is 0 Å². The highest BCUT2D eigenvalue weighted by atomic mass is 32.1. The van der Waals surface area contributed by atoms with Gasteiger partial charge < -0.3 is 10.1 Å². The average Bonchev–Trinajstić information content (AvgIpc) is 3.17. The molecule has 7 nitrogen and oxygen atoms in total. The van der Waals surface area contributed by atoms with E-state index in [1.807, 2.05) is 25.1 Å². The van der Waals surface area contributed by atoms with Crippen LogP contribution in [-0.4, -0.2) is 59.1 Å². The molecular formula is C22H26N4O3S. The smallest absolute Gasteiger partial charge is 0.271 e. The summed E-state index contributed by atoms with van der Waals surface area (Å²) in [5, 5.41) is 2.94. The van der Waals surface area contributed by atoms with Gasteiger partial charge in [0, 0.05) is 49.4 Å². The summed E-state index contributed by atoms with van der Waals surface area (Å²) in [7, 11) is 0. The molecule has 0 spiro atoms. The first kappa shape index (κ1) is 20.7. The quantitative estimate of drug-likeness (QED) is 0.627. The zero-order chi connectivity index (χ0) is 20.9. The van der Waals surface area contributed by atoms with Gasteiger partial charge >= 0.3 is 0 Å². The van der Waals surface area contributed by atoms with Crippen LogP contribution in [0.1, 0.15) is 34.1 Å². The first-order chi connectivity index (χ1) is 14.6. The maximum Gasteiger partial charge on any atom is 0.271 e. The SMILES string of the molecule is CC(CCN1CCOCC1)NC(=O)c1cnc2sc(Cc3ccccc3)cn2c1=O. The number of hydrogen-bond donors (Lipinski definition) is 1. The molecule has 1 aromatic carbocycles. The summed E-state index contributed by atoms with van der Waals surface area (Å²) in [6.07, 6.45) is 4.74. The number of thiazole rings is 1. The molecule has 1 saturated heterocycles. The Kier molecular flexibility index (Phi) is 6.56. The minimum atomic E-state index is -0.368. The van der Waals surface area contributed by atoms with Gasteiger partial charge in [0.15, 0.2) is 4.96 Å². The average molecular weight is 427 g/mol. The molecule has 158 valence electrons. The second-order valence-electron chi connectivity index (χ2n) is 7.61. The van der Waals surface area contributed by atoms with Crippen molar-refractivity contribution in [3.05, 3.63) is 69.1 Å².